The number of aromatic nitrogens is 4. The average molecular weight is 527 g/mol. The van der Waals surface area contributed by atoms with E-state index in [-0.39, 0.29) is 6.04 Å². The number of nitrogens with zero attached hydrogens (tertiary/aromatic N) is 7. The lowest BCUT2D eigenvalue weighted by molar-refractivity contribution is 0.185. The third-order valence-electron chi connectivity index (χ3n) is 7.93. The summed E-state index contributed by atoms with van der Waals surface area (Å²) < 4.78 is 13.7. The van der Waals surface area contributed by atoms with Gasteiger partial charge in [-0.2, -0.15) is 10.2 Å². The fraction of sp³-hybridized carbons (Fsp3) is 0.448. The van der Waals surface area contributed by atoms with E-state index in [2.05, 4.69) is 46.4 Å². The van der Waals surface area contributed by atoms with Crippen LogP contribution >= 0.6 is 0 Å². The number of nitriles is 1. The molecule has 202 valence electrons. The second kappa shape index (κ2) is 11.0. The number of hydrogen-bond acceptors (Lipinski definition) is 9. The van der Waals surface area contributed by atoms with Gasteiger partial charge in [0.25, 0.3) is 0 Å². The first-order valence-corrected chi connectivity index (χ1v) is 13.6. The topological polar surface area (TPSA) is 104 Å². The molecule has 2 aromatic heterocycles. The summed E-state index contributed by atoms with van der Waals surface area (Å²) in [5, 5.41) is 19.7. The van der Waals surface area contributed by atoms with Gasteiger partial charge in [0.05, 0.1) is 31.5 Å². The molecule has 2 atom stereocenters. The van der Waals surface area contributed by atoms with Crippen LogP contribution in [-0.4, -0.2) is 83.5 Å². The Bertz CT molecular complexity index is 1510. The minimum absolute atomic E-state index is 0.0790. The molecule has 1 N–H and O–H groups in total. The molecule has 2 aliphatic heterocycles. The van der Waals surface area contributed by atoms with Crippen molar-refractivity contribution in [2.24, 2.45) is 0 Å². The highest BCUT2D eigenvalue weighted by Gasteiger charge is 2.26. The van der Waals surface area contributed by atoms with Crippen LogP contribution < -0.4 is 19.7 Å². The number of methoxy groups -OCH3 is 1. The van der Waals surface area contributed by atoms with Crippen molar-refractivity contribution < 1.29 is 9.47 Å². The van der Waals surface area contributed by atoms with E-state index < -0.39 is 0 Å². The maximum Gasteiger partial charge on any atom is 0.336 e. The van der Waals surface area contributed by atoms with E-state index in [4.69, 9.17) is 24.5 Å². The molecule has 2 saturated heterocycles. The minimum atomic E-state index is 0.0790. The van der Waals surface area contributed by atoms with Crippen LogP contribution in [-0.2, 0) is 6.42 Å². The first-order valence-electron chi connectivity index (χ1n) is 13.6. The molecule has 0 amide bonds. The van der Waals surface area contributed by atoms with E-state index in [0.29, 0.717) is 43.7 Å². The summed E-state index contributed by atoms with van der Waals surface area (Å²) in [4.78, 5) is 14.2. The first kappa shape index (κ1) is 25.3. The molecule has 0 aliphatic carbocycles. The highest BCUT2D eigenvalue weighted by Crippen LogP contribution is 2.31. The van der Waals surface area contributed by atoms with E-state index in [1.165, 1.54) is 12.0 Å². The van der Waals surface area contributed by atoms with Gasteiger partial charge in [0, 0.05) is 43.5 Å². The van der Waals surface area contributed by atoms with E-state index in [9.17, 15) is 5.26 Å². The van der Waals surface area contributed by atoms with Gasteiger partial charge in [0.1, 0.15) is 12.4 Å². The number of anilines is 1. The molecule has 6 rings (SSSR count). The van der Waals surface area contributed by atoms with Crippen molar-refractivity contribution in [2.45, 2.75) is 37.8 Å². The Morgan fingerprint density at radius 2 is 2.03 bits per heavy atom. The maximum atomic E-state index is 9.26. The average Bonchev–Trinajstić information content (AvgIpc) is 3.57. The van der Waals surface area contributed by atoms with Crippen molar-refractivity contribution in [1.82, 2.24) is 29.8 Å². The molecule has 10 heteroatoms. The molecule has 2 aromatic carbocycles. The van der Waals surface area contributed by atoms with Crippen molar-refractivity contribution in [3.05, 3.63) is 53.9 Å². The number of imidazole rings is 1. The summed E-state index contributed by atoms with van der Waals surface area (Å²) in [7, 11) is 3.84. The van der Waals surface area contributed by atoms with Gasteiger partial charge in [0.15, 0.2) is 11.5 Å². The summed E-state index contributed by atoms with van der Waals surface area (Å²) in [5.41, 5.74) is 2.82. The number of fused-ring (bicyclic) bond motifs is 2. The van der Waals surface area contributed by atoms with Crippen LogP contribution in [0, 0.1) is 11.3 Å². The molecule has 0 unspecified atom stereocenters. The van der Waals surface area contributed by atoms with Crippen molar-refractivity contribution in [3.63, 3.8) is 0 Å². The van der Waals surface area contributed by atoms with Crippen LogP contribution in [0.2, 0.25) is 0 Å². The SMILES string of the molecule is COc1ccc(Cc2cnc3c(N4CCN[C@@H](CC#N)C4)nc(OC[C@@H]4CCCN4C)nn23)c2ccccc12. The van der Waals surface area contributed by atoms with Gasteiger partial charge in [-0.3, -0.25) is 0 Å². The molecule has 2 aliphatic rings. The predicted octanol–water partition coefficient (Wildman–Crippen LogP) is 3.04. The second-order valence-corrected chi connectivity index (χ2v) is 10.4. The Kier molecular flexibility index (Phi) is 7.18. The summed E-state index contributed by atoms with van der Waals surface area (Å²) >= 11 is 0. The number of likely N-dealkylation sites (tertiary alicyclic amines) is 1. The Morgan fingerprint density at radius 3 is 2.82 bits per heavy atom. The van der Waals surface area contributed by atoms with Crippen LogP contribution in [0.15, 0.2) is 42.6 Å². The van der Waals surface area contributed by atoms with Gasteiger partial charge in [-0.15, -0.1) is 5.10 Å². The zero-order valence-electron chi connectivity index (χ0n) is 22.5. The van der Waals surface area contributed by atoms with E-state index in [1.54, 1.807) is 7.11 Å². The highest BCUT2D eigenvalue weighted by molar-refractivity contribution is 5.91. The molecular formula is C29H34N8O2. The van der Waals surface area contributed by atoms with E-state index in [1.807, 2.05) is 28.9 Å². The van der Waals surface area contributed by atoms with E-state index in [0.717, 1.165) is 54.1 Å². The monoisotopic (exact) mass is 526 g/mol. The Hall–Kier alpha value is -3.94. The third kappa shape index (κ3) is 5.07. The molecular weight excluding hydrogens is 492 g/mol. The zero-order valence-corrected chi connectivity index (χ0v) is 22.5. The molecule has 4 aromatic rings. The lowest BCUT2D eigenvalue weighted by atomic mass is 10.0. The number of rotatable bonds is 8. The lowest BCUT2D eigenvalue weighted by Gasteiger charge is -2.33. The van der Waals surface area contributed by atoms with Crippen molar-refractivity contribution in [1.29, 1.82) is 5.26 Å². The number of hydrogen-bond donors (Lipinski definition) is 1. The number of ether oxygens (including phenoxy) is 2. The largest absolute Gasteiger partial charge is 0.496 e. The van der Waals surface area contributed by atoms with Crippen molar-refractivity contribution in [2.75, 3.05) is 51.8 Å². The molecule has 0 spiro atoms. The fourth-order valence-corrected chi connectivity index (χ4v) is 5.77. The maximum absolute atomic E-state index is 9.26. The van der Waals surface area contributed by atoms with Gasteiger partial charge >= 0.3 is 6.01 Å². The van der Waals surface area contributed by atoms with Crippen LogP contribution in [0.5, 0.6) is 11.8 Å². The van der Waals surface area contributed by atoms with E-state index >= 15 is 0 Å². The molecule has 10 nitrogen and oxygen atoms in total. The van der Waals surface area contributed by atoms with Crippen LogP contribution in [0.25, 0.3) is 16.4 Å². The molecule has 2 fully saturated rings. The molecule has 0 saturated carbocycles. The third-order valence-corrected chi connectivity index (χ3v) is 7.93. The molecule has 4 heterocycles. The number of nitrogens with one attached hydrogen (secondary N) is 1. The Morgan fingerprint density at radius 1 is 1.15 bits per heavy atom. The summed E-state index contributed by atoms with van der Waals surface area (Å²) in [6, 6.07) is 15.5. The zero-order chi connectivity index (χ0) is 26.8. The van der Waals surface area contributed by atoms with Gasteiger partial charge in [0.2, 0.25) is 0 Å². The van der Waals surface area contributed by atoms with Gasteiger partial charge < -0.3 is 24.6 Å². The summed E-state index contributed by atoms with van der Waals surface area (Å²) in [6.07, 6.45) is 5.26. The van der Waals surface area contributed by atoms with Crippen molar-refractivity contribution >= 4 is 22.2 Å². The highest BCUT2D eigenvalue weighted by atomic mass is 16.5. The smallest absolute Gasteiger partial charge is 0.336 e. The lowest BCUT2D eigenvalue weighted by Crippen LogP contribution is -2.51. The molecule has 0 radical (unpaired) electrons. The number of piperazine rings is 1. The molecule has 0 bridgehead atoms. The first-order chi connectivity index (χ1) is 19.1. The minimum Gasteiger partial charge on any atom is -0.496 e. The second-order valence-electron chi connectivity index (χ2n) is 10.4. The normalized spacial score (nSPS) is 20.0. The fourth-order valence-electron chi connectivity index (χ4n) is 5.77. The van der Waals surface area contributed by atoms with Crippen LogP contribution in [0.1, 0.15) is 30.5 Å². The standard InChI is InChI=1S/C29H34N8O2/c1-35-14-5-6-22(35)19-39-29-33-28(36-15-13-31-21(18-36)11-12-30)27-32-17-23(37(27)34-29)16-20-9-10-26(38-2)25-8-4-3-7-24(20)25/h3-4,7-10,17,21-22,31H,5-6,11,13-16,18-19H2,1-2H3/t21-,22-/m0/s1. The Balaban J connectivity index is 1.38. The predicted molar refractivity (Wildman–Crippen MR) is 149 cm³/mol. The van der Waals surface area contributed by atoms with Gasteiger partial charge in [-0.05, 0) is 43.5 Å². The summed E-state index contributed by atoms with van der Waals surface area (Å²) in [6.45, 7) is 3.85. The number of benzene rings is 2. The van der Waals surface area contributed by atoms with Crippen molar-refractivity contribution in [3.8, 4) is 17.8 Å². The quantitative estimate of drug-likeness (QED) is 0.371. The van der Waals surface area contributed by atoms with Crippen LogP contribution in [0.3, 0.4) is 0 Å². The van der Waals surface area contributed by atoms with Gasteiger partial charge in [-0.1, -0.05) is 30.3 Å². The summed E-state index contributed by atoms with van der Waals surface area (Å²) in [5.74, 6) is 1.60. The Labute approximate surface area is 228 Å². The van der Waals surface area contributed by atoms with Crippen LogP contribution in [0.4, 0.5) is 5.82 Å². The number of likely N-dealkylation sites (N-methyl/N-ethyl adjacent to an activating group) is 1. The van der Waals surface area contributed by atoms with Gasteiger partial charge in [-0.25, -0.2) is 9.50 Å². The molecule has 39 heavy (non-hydrogen) atoms.